The minimum Gasteiger partial charge on any atom is -0.477 e. The minimum atomic E-state index is -1.31. The molecule has 0 spiro atoms. The maximum Gasteiger partial charge on any atom is 0.341 e. The molecule has 1 aliphatic rings. The van der Waals surface area contributed by atoms with Gasteiger partial charge in [0.15, 0.2) is 0 Å². The van der Waals surface area contributed by atoms with Gasteiger partial charge in [0.25, 0.3) is 0 Å². The van der Waals surface area contributed by atoms with E-state index in [1.807, 2.05) is 25.1 Å². The molecule has 0 aliphatic carbocycles. The van der Waals surface area contributed by atoms with Crippen LogP contribution in [0.5, 0.6) is 0 Å². The number of hydrogen-bond acceptors (Lipinski definition) is 3. The van der Waals surface area contributed by atoms with Gasteiger partial charge in [-0.15, -0.1) is 0 Å². The Morgan fingerprint density at radius 2 is 2.00 bits per heavy atom. The molecule has 0 atom stereocenters. The van der Waals surface area contributed by atoms with Gasteiger partial charge in [-0.2, -0.15) is 0 Å². The second kappa shape index (κ2) is 6.07. The summed E-state index contributed by atoms with van der Waals surface area (Å²) < 4.78 is 16.5. The number of carboxylic acids is 1. The molecular formula is C20H17FN2O3. The molecule has 1 aromatic heterocycles. The summed E-state index contributed by atoms with van der Waals surface area (Å²) in [5.41, 5.74) is 2.98. The standard InChI is InChI=1S/C20H17FN2O3/c1-2-23-10-16(20(25)26)19(24)15-6-17(21)14(7-18(15)23)11-3-4-12-8-22-9-13(12)5-11/h3-7,10,22H,2,8-9H2,1H3,(H,25,26). The van der Waals surface area contributed by atoms with Crippen LogP contribution in [0.3, 0.4) is 0 Å². The number of nitrogens with one attached hydrogen (secondary N) is 1. The number of fused-ring (bicyclic) bond motifs is 2. The molecule has 3 aromatic rings. The van der Waals surface area contributed by atoms with E-state index in [0.717, 1.165) is 30.3 Å². The zero-order valence-corrected chi connectivity index (χ0v) is 14.2. The molecule has 0 fully saturated rings. The molecule has 6 heteroatoms. The van der Waals surface area contributed by atoms with E-state index in [9.17, 15) is 19.1 Å². The third-order valence-corrected chi connectivity index (χ3v) is 4.89. The van der Waals surface area contributed by atoms with Gasteiger partial charge < -0.3 is 15.0 Å². The number of aryl methyl sites for hydroxylation is 1. The predicted molar refractivity (Wildman–Crippen MR) is 96.8 cm³/mol. The Labute approximate surface area is 148 Å². The maximum absolute atomic E-state index is 14.8. The summed E-state index contributed by atoms with van der Waals surface area (Å²) in [6.45, 7) is 3.87. The van der Waals surface area contributed by atoms with Gasteiger partial charge in [-0.05, 0) is 41.8 Å². The van der Waals surface area contributed by atoms with Crippen molar-refractivity contribution < 1.29 is 14.3 Å². The average molecular weight is 352 g/mol. The maximum atomic E-state index is 14.8. The van der Waals surface area contributed by atoms with Gasteiger partial charge in [0.2, 0.25) is 5.43 Å². The molecule has 2 heterocycles. The molecule has 5 nitrogen and oxygen atoms in total. The fourth-order valence-corrected chi connectivity index (χ4v) is 3.51. The van der Waals surface area contributed by atoms with E-state index in [4.69, 9.17) is 0 Å². The van der Waals surface area contributed by atoms with Crippen molar-refractivity contribution in [1.29, 1.82) is 0 Å². The van der Waals surface area contributed by atoms with Crippen molar-refractivity contribution in [3.05, 3.63) is 69.3 Å². The lowest BCUT2D eigenvalue weighted by Crippen LogP contribution is -2.19. The van der Waals surface area contributed by atoms with Gasteiger partial charge in [-0.1, -0.05) is 12.1 Å². The Hall–Kier alpha value is -2.99. The highest BCUT2D eigenvalue weighted by atomic mass is 19.1. The molecule has 132 valence electrons. The quantitative estimate of drug-likeness (QED) is 0.760. The summed E-state index contributed by atoms with van der Waals surface area (Å²) in [7, 11) is 0. The second-order valence-electron chi connectivity index (χ2n) is 6.40. The first-order valence-corrected chi connectivity index (χ1v) is 8.42. The van der Waals surface area contributed by atoms with Crippen molar-refractivity contribution in [2.45, 2.75) is 26.6 Å². The number of aromatic carboxylic acids is 1. The van der Waals surface area contributed by atoms with Crippen LogP contribution in [0.2, 0.25) is 0 Å². The zero-order chi connectivity index (χ0) is 18.4. The molecule has 2 aromatic carbocycles. The number of pyridine rings is 1. The number of benzene rings is 2. The average Bonchev–Trinajstić information content (AvgIpc) is 3.09. The van der Waals surface area contributed by atoms with Crippen molar-refractivity contribution in [3.8, 4) is 11.1 Å². The smallest absolute Gasteiger partial charge is 0.341 e. The van der Waals surface area contributed by atoms with Crippen LogP contribution in [0.15, 0.2) is 41.3 Å². The molecule has 1 aliphatic heterocycles. The SMILES string of the molecule is CCn1cc(C(=O)O)c(=O)c2cc(F)c(-c3ccc4c(c3)CNC4)cc21. The third kappa shape index (κ3) is 2.50. The van der Waals surface area contributed by atoms with Crippen LogP contribution in [-0.4, -0.2) is 15.6 Å². The van der Waals surface area contributed by atoms with E-state index >= 15 is 0 Å². The molecule has 0 saturated heterocycles. The Bertz CT molecular complexity index is 1120. The van der Waals surface area contributed by atoms with Crippen molar-refractivity contribution >= 4 is 16.9 Å². The number of carbonyl (C=O) groups is 1. The van der Waals surface area contributed by atoms with Crippen LogP contribution in [0.1, 0.15) is 28.4 Å². The normalized spacial score (nSPS) is 13.2. The zero-order valence-electron chi connectivity index (χ0n) is 14.2. The van der Waals surface area contributed by atoms with Gasteiger partial charge in [0, 0.05) is 36.8 Å². The number of carboxylic acid groups (broad SMARTS) is 1. The summed E-state index contributed by atoms with van der Waals surface area (Å²) in [5, 5.41) is 12.6. The van der Waals surface area contributed by atoms with Crippen LogP contribution in [0.25, 0.3) is 22.0 Å². The summed E-state index contributed by atoms with van der Waals surface area (Å²) >= 11 is 0. The van der Waals surface area contributed by atoms with Gasteiger partial charge in [-0.25, -0.2) is 9.18 Å². The number of nitrogens with zero attached hydrogens (tertiary/aromatic N) is 1. The highest BCUT2D eigenvalue weighted by Gasteiger charge is 2.18. The Morgan fingerprint density at radius 3 is 2.73 bits per heavy atom. The Kier molecular flexibility index (Phi) is 3.85. The minimum absolute atomic E-state index is 0.0795. The van der Waals surface area contributed by atoms with Crippen LogP contribution in [0, 0.1) is 5.82 Å². The fraction of sp³-hybridized carbons (Fsp3) is 0.200. The van der Waals surface area contributed by atoms with Gasteiger partial charge >= 0.3 is 5.97 Å². The summed E-state index contributed by atoms with van der Waals surface area (Å²) in [4.78, 5) is 23.7. The topological polar surface area (TPSA) is 71.3 Å². The number of hydrogen-bond donors (Lipinski definition) is 2. The number of rotatable bonds is 3. The number of aromatic nitrogens is 1. The van der Waals surface area contributed by atoms with Gasteiger partial charge in [-0.3, -0.25) is 4.79 Å². The third-order valence-electron chi connectivity index (χ3n) is 4.89. The van der Waals surface area contributed by atoms with E-state index in [2.05, 4.69) is 5.32 Å². The molecule has 26 heavy (non-hydrogen) atoms. The van der Waals surface area contributed by atoms with Gasteiger partial charge in [0.1, 0.15) is 11.4 Å². The van der Waals surface area contributed by atoms with E-state index in [-0.39, 0.29) is 10.9 Å². The lowest BCUT2D eigenvalue weighted by molar-refractivity contribution is 0.0695. The van der Waals surface area contributed by atoms with E-state index < -0.39 is 17.2 Å². The first-order chi connectivity index (χ1) is 12.5. The second-order valence-corrected chi connectivity index (χ2v) is 6.40. The first kappa shape index (κ1) is 16.5. The van der Waals surface area contributed by atoms with Crippen LogP contribution in [-0.2, 0) is 19.6 Å². The number of halogens is 1. The molecule has 4 rings (SSSR count). The lowest BCUT2D eigenvalue weighted by atomic mass is 9.98. The van der Waals surface area contributed by atoms with Crippen molar-refractivity contribution in [2.75, 3.05) is 0 Å². The van der Waals surface area contributed by atoms with E-state index in [1.54, 1.807) is 10.6 Å². The molecular weight excluding hydrogens is 335 g/mol. The first-order valence-electron chi connectivity index (χ1n) is 8.42. The highest BCUT2D eigenvalue weighted by molar-refractivity contribution is 5.94. The van der Waals surface area contributed by atoms with Crippen molar-refractivity contribution in [3.63, 3.8) is 0 Å². The van der Waals surface area contributed by atoms with Crippen LogP contribution < -0.4 is 10.7 Å². The highest BCUT2D eigenvalue weighted by Crippen LogP contribution is 2.30. The fourth-order valence-electron chi connectivity index (χ4n) is 3.51. The summed E-state index contributed by atoms with van der Waals surface area (Å²) in [5.74, 6) is -1.85. The molecule has 0 unspecified atom stereocenters. The molecule has 0 amide bonds. The Morgan fingerprint density at radius 1 is 1.23 bits per heavy atom. The van der Waals surface area contributed by atoms with Crippen molar-refractivity contribution in [1.82, 2.24) is 9.88 Å². The molecule has 0 saturated carbocycles. The summed E-state index contributed by atoms with van der Waals surface area (Å²) in [6, 6.07) is 8.59. The van der Waals surface area contributed by atoms with Gasteiger partial charge in [0.05, 0.1) is 5.52 Å². The Balaban J connectivity index is 1.98. The predicted octanol–water partition coefficient (Wildman–Crippen LogP) is 3.13. The van der Waals surface area contributed by atoms with Crippen LogP contribution in [0.4, 0.5) is 4.39 Å². The lowest BCUT2D eigenvalue weighted by Gasteiger charge is -2.13. The van der Waals surface area contributed by atoms with E-state index in [0.29, 0.717) is 17.6 Å². The molecule has 2 N–H and O–H groups in total. The monoisotopic (exact) mass is 352 g/mol. The van der Waals surface area contributed by atoms with Crippen molar-refractivity contribution in [2.24, 2.45) is 0 Å². The summed E-state index contributed by atoms with van der Waals surface area (Å²) in [6.07, 6.45) is 1.32. The van der Waals surface area contributed by atoms with Crippen LogP contribution >= 0.6 is 0 Å². The van der Waals surface area contributed by atoms with E-state index in [1.165, 1.54) is 11.8 Å². The largest absolute Gasteiger partial charge is 0.477 e. The molecule has 0 radical (unpaired) electrons. The molecule has 0 bridgehead atoms.